The Balaban J connectivity index is 2.78. The highest BCUT2D eigenvalue weighted by Crippen LogP contribution is 2.25. The van der Waals surface area contributed by atoms with Crippen molar-refractivity contribution < 1.29 is 9.90 Å². The van der Waals surface area contributed by atoms with Crippen molar-refractivity contribution in [2.24, 2.45) is 5.41 Å². The van der Waals surface area contributed by atoms with Crippen molar-refractivity contribution in [3.63, 3.8) is 0 Å². The lowest BCUT2D eigenvalue weighted by Gasteiger charge is -2.19. The smallest absolute Gasteiger partial charge is 0.339 e. The molecule has 1 aromatic carbocycles. The Labute approximate surface area is 107 Å². The van der Waals surface area contributed by atoms with E-state index in [-0.39, 0.29) is 16.0 Å². The predicted molar refractivity (Wildman–Crippen MR) is 71.0 cm³/mol. The summed E-state index contributed by atoms with van der Waals surface area (Å²) in [5.41, 5.74) is 0.937. The van der Waals surface area contributed by atoms with E-state index in [1.165, 1.54) is 0 Å². The van der Waals surface area contributed by atoms with E-state index >= 15 is 0 Å². The van der Waals surface area contributed by atoms with Crippen molar-refractivity contribution in [3.05, 3.63) is 28.8 Å². The van der Waals surface area contributed by atoms with Gasteiger partial charge in [-0.05, 0) is 24.0 Å². The molecule has 17 heavy (non-hydrogen) atoms. The van der Waals surface area contributed by atoms with E-state index in [1.807, 2.05) is 0 Å². The van der Waals surface area contributed by atoms with Crippen LogP contribution < -0.4 is 5.32 Å². The summed E-state index contributed by atoms with van der Waals surface area (Å²) in [6.45, 7) is 7.16. The third-order valence-corrected chi connectivity index (χ3v) is 2.73. The average molecular weight is 256 g/mol. The summed E-state index contributed by atoms with van der Waals surface area (Å²) in [5, 5.41) is 12.5. The predicted octanol–water partition coefficient (Wildman–Crippen LogP) is 3.89. The van der Waals surface area contributed by atoms with Gasteiger partial charge >= 0.3 is 5.97 Å². The van der Waals surface area contributed by atoms with E-state index in [9.17, 15) is 4.79 Å². The first-order valence-corrected chi connectivity index (χ1v) is 5.95. The fourth-order valence-electron chi connectivity index (χ4n) is 1.46. The maximum Gasteiger partial charge on any atom is 0.339 e. The highest BCUT2D eigenvalue weighted by molar-refractivity contribution is 6.34. The van der Waals surface area contributed by atoms with Crippen molar-refractivity contribution in [1.82, 2.24) is 0 Å². The van der Waals surface area contributed by atoms with Crippen molar-refractivity contribution in [2.75, 3.05) is 11.9 Å². The van der Waals surface area contributed by atoms with E-state index in [1.54, 1.807) is 18.2 Å². The molecule has 3 nitrogen and oxygen atoms in total. The lowest BCUT2D eigenvalue weighted by atomic mass is 9.92. The van der Waals surface area contributed by atoms with Gasteiger partial charge in [0.05, 0.1) is 10.7 Å². The molecule has 0 aromatic heterocycles. The van der Waals surface area contributed by atoms with Gasteiger partial charge in [-0.2, -0.15) is 0 Å². The third kappa shape index (κ3) is 4.27. The lowest BCUT2D eigenvalue weighted by molar-refractivity contribution is 0.0698. The molecule has 94 valence electrons. The largest absolute Gasteiger partial charge is 0.478 e. The molecule has 1 rings (SSSR count). The van der Waals surface area contributed by atoms with Gasteiger partial charge in [-0.25, -0.2) is 4.79 Å². The molecule has 0 atom stereocenters. The van der Waals surface area contributed by atoms with Crippen molar-refractivity contribution >= 4 is 23.3 Å². The molecule has 1 aromatic rings. The standard InChI is InChI=1S/C13H18ClNO2/c1-13(2,3)7-8-15-10-6-4-5-9(14)11(10)12(16)17/h4-6,15H,7-8H2,1-3H3,(H,16,17). The Bertz CT molecular complexity index is 410. The number of nitrogens with one attached hydrogen (secondary N) is 1. The Kier molecular flexibility index (Phi) is 4.40. The van der Waals surface area contributed by atoms with E-state index in [0.29, 0.717) is 5.69 Å². The number of benzene rings is 1. The number of carboxylic acid groups (broad SMARTS) is 1. The van der Waals surface area contributed by atoms with Crippen LogP contribution >= 0.6 is 11.6 Å². The second-order valence-corrected chi connectivity index (χ2v) is 5.61. The van der Waals surface area contributed by atoms with E-state index in [0.717, 1.165) is 13.0 Å². The van der Waals surface area contributed by atoms with Gasteiger partial charge in [-0.15, -0.1) is 0 Å². The third-order valence-electron chi connectivity index (χ3n) is 2.42. The van der Waals surface area contributed by atoms with Gasteiger partial charge in [0.15, 0.2) is 0 Å². The molecule has 0 saturated carbocycles. The van der Waals surface area contributed by atoms with Gasteiger partial charge < -0.3 is 10.4 Å². The zero-order chi connectivity index (χ0) is 13.1. The Morgan fingerprint density at radius 1 is 1.41 bits per heavy atom. The lowest BCUT2D eigenvalue weighted by Crippen LogP contribution is -2.14. The minimum Gasteiger partial charge on any atom is -0.478 e. The minimum atomic E-state index is -1.01. The summed E-state index contributed by atoms with van der Waals surface area (Å²) in [6.07, 6.45) is 0.957. The molecule has 2 N–H and O–H groups in total. The molecule has 4 heteroatoms. The minimum absolute atomic E-state index is 0.142. The van der Waals surface area contributed by atoms with Gasteiger partial charge in [0.1, 0.15) is 5.56 Å². The van der Waals surface area contributed by atoms with Gasteiger partial charge in [-0.1, -0.05) is 38.4 Å². The fourth-order valence-corrected chi connectivity index (χ4v) is 1.72. The van der Waals surface area contributed by atoms with Crippen LogP contribution in [0.5, 0.6) is 0 Å². The van der Waals surface area contributed by atoms with Gasteiger partial charge in [-0.3, -0.25) is 0 Å². The fraction of sp³-hybridized carbons (Fsp3) is 0.462. The number of carboxylic acids is 1. The van der Waals surface area contributed by atoms with E-state index in [2.05, 4.69) is 26.1 Å². The average Bonchev–Trinajstić information content (AvgIpc) is 2.14. The Morgan fingerprint density at radius 2 is 2.06 bits per heavy atom. The quantitative estimate of drug-likeness (QED) is 0.858. The van der Waals surface area contributed by atoms with Crippen LogP contribution in [0.3, 0.4) is 0 Å². The molecule has 0 aliphatic carbocycles. The molecular weight excluding hydrogens is 238 g/mol. The molecule has 0 aliphatic heterocycles. The number of carbonyl (C=O) groups is 1. The molecule has 0 bridgehead atoms. The summed E-state index contributed by atoms with van der Waals surface area (Å²) < 4.78 is 0. The first-order chi connectivity index (χ1) is 7.81. The molecule has 0 saturated heterocycles. The highest BCUT2D eigenvalue weighted by Gasteiger charge is 2.15. The molecule has 0 heterocycles. The molecule has 0 amide bonds. The maximum atomic E-state index is 11.1. The highest BCUT2D eigenvalue weighted by atomic mass is 35.5. The number of halogens is 1. The van der Waals surface area contributed by atoms with E-state index < -0.39 is 5.97 Å². The molecule has 0 spiro atoms. The zero-order valence-electron chi connectivity index (χ0n) is 10.4. The summed E-state index contributed by atoms with van der Waals surface area (Å²) >= 11 is 5.87. The second kappa shape index (κ2) is 5.41. The molecule has 0 fully saturated rings. The first kappa shape index (κ1) is 13.8. The van der Waals surface area contributed by atoms with Crippen LogP contribution in [0.25, 0.3) is 0 Å². The summed E-state index contributed by atoms with van der Waals surface area (Å²) in [6, 6.07) is 5.06. The Morgan fingerprint density at radius 3 is 2.59 bits per heavy atom. The first-order valence-electron chi connectivity index (χ1n) is 5.57. The second-order valence-electron chi connectivity index (χ2n) is 5.20. The molecule has 0 radical (unpaired) electrons. The van der Waals surface area contributed by atoms with Gasteiger partial charge in [0, 0.05) is 6.54 Å². The van der Waals surface area contributed by atoms with Crippen LogP contribution in [0, 0.1) is 5.41 Å². The maximum absolute atomic E-state index is 11.1. The van der Waals surface area contributed by atoms with Crippen molar-refractivity contribution in [3.8, 4) is 0 Å². The molecule has 0 unspecified atom stereocenters. The normalized spacial score (nSPS) is 11.3. The Hall–Kier alpha value is -1.22. The van der Waals surface area contributed by atoms with Crippen LogP contribution in [0.15, 0.2) is 18.2 Å². The van der Waals surface area contributed by atoms with Crippen molar-refractivity contribution in [2.45, 2.75) is 27.2 Å². The zero-order valence-corrected chi connectivity index (χ0v) is 11.1. The molecular formula is C13H18ClNO2. The van der Waals surface area contributed by atoms with Crippen LogP contribution in [0.2, 0.25) is 5.02 Å². The van der Waals surface area contributed by atoms with Crippen LogP contribution in [0.4, 0.5) is 5.69 Å². The monoisotopic (exact) mass is 255 g/mol. The summed E-state index contributed by atoms with van der Waals surface area (Å²) in [5.74, 6) is -1.01. The topological polar surface area (TPSA) is 49.3 Å². The van der Waals surface area contributed by atoms with Gasteiger partial charge in [0.2, 0.25) is 0 Å². The number of anilines is 1. The number of hydrogen-bond acceptors (Lipinski definition) is 2. The SMILES string of the molecule is CC(C)(C)CCNc1cccc(Cl)c1C(=O)O. The van der Waals surface area contributed by atoms with Crippen LogP contribution in [-0.4, -0.2) is 17.6 Å². The summed E-state index contributed by atoms with van der Waals surface area (Å²) in [4.78, 5) is 11.1. The number of rotatable bonds is 4. The van der Waals surface area contributed by atoms with E-state index in [4.69, 9.17) is 16.7 Å². The number of hydrogen-bond donors (Lipinski definition) is 2. The van der Waals surface area contributed by atoms with Crippen LogP contribution in [-0.2, 0) is 0 Å². The summed E-state index contributed by atoms with van der Waals surface area (Å²) in [7, 11) is 0. The van der Waals surface area contributed by atoms with Gasteiger partial charge in [0.25, 0.3) is 0 Å². The molecule has 0 aliphatic rings. The van der Waals surface area contributed by atoms with Crippen molar-refractivity contribution in [1.29, 1.82) is 0 Å². The number of aromatic carboxylic acids is 1. The van der Waals surface area contributed by atoms with Crippen LogP contribution in [0.1, 0.15) is 37.6 Å².